The molecule has 1 aromatic carbocycles. The minimum Gasteiger partial charge on any atom is -0.465 e. The molecule has 2 N–H and O–H groups in total. The van der Waals surface area contributed by atoms with Gasteiger partial charge in [-0.15, -0.1) is 0 Å². The average molecular weight is 203 g/mol. The summed E-state index contributed by atoms with van der Waals surface area (Å²) in [6.07, 6.45) is 4.49. The Balaban J connectivity index is 2.14. The third-order valence-electron chi connectivity index (χ3n) is 3.48. The largest absolute Gasteiger partial charge is 0.465 e. The molecule has 1 aromatic rings. The maximum atomic E-state index is 10.7. The average Bonchev–Trinajstić information content (AvgIpc) is 2.57. The van der Waals surface area contributed by atoms with Crippen LogP contribution in [-0.2, 0) is 25.7 Å². The van der Waals surface area contributed by atoms with Crippen LogP contribution in [0, 0.1) is 0 Å². The van der Waals surface area contributed by atoms with Crippen LogP contribution in [-0.4, -0.2) is 11.2 Å². The standard InChI is InChI=1S/C12H13NO2/c14-12(15)13-11-9-3-1-2-7(9)6-8-4-5-10(8)11/h6,13H,1-5H2,(H,14,15). The Bertz CT molecular complexity index is 451. The highest BCUT2D eigenvalue weighted by atomic mass is 16.4. The van der Waals surface area contributed by atoms with Crippen molar-refractivity contribution < 1.29 is 9.90 Å². The van der Waals surface area contributed by atoms with Gasteiger partial charge in [-0.1, -0.05) is 6.07 Å². The van der Waals surface area contributed by atoms with E-state index in [9.17, 15) is 4.79 Å². The molecule has 2 aliphatic rings. The Kier molecular flexibility index (Phi) is 1.75. The number of benzene rings is 1. The summed E-state index contributed by atoms with van der Waals surface area (Å²) in [4.78, 5) is 10.7. The molecule has 0 saturated carbocycles. The molecule has 3 heteroatoms. The normalized spacial score (nSPS) is 16.5. The molecule has 0 spiro atoms. The molecular formula is C12H13NO2. The summed E-state index contributed by atoms with van der Waals surface area (Å²) in [7, 11) is 0. The highest BCUT2D eigenvalue weighted by molar-refractivity contribution is 5.87. The second-order valence-electron chi connectivity index (χ2n) is 4.31. The molecule has 78 valence electrons. The predicted molar refractivity (Wildman–Crippen MR) is 57.5 cm³/mol. The molecule has 0 unspecified atom stereocenters. The number of hydrogen-bond acceptors (Lipinski definition) is 1. The Hall–Kier alpha value is -1.51. The molecule has 0 heterocycles. The second kappa shape index (κ2) is 2.99. The molecule has 15 heavy (non-hydrogen) atoms. The van der Waals surface area contributed by atoms with Gasteiger partial charge in [0.15, 0.2) is 0 Å². The van der Waals surface area contributed by atoms with E-state index in [0.29, 0.717) is 0 Å². The fourth-order valence-corrected chi connectivity index (χ4v) is 2.70. The fraction of sp³-hybridized carbons (Fsp3) is 0.417. The third kappa shape index (κ3) is 1.23. The Labute approximate surface area is 88.1 Å². The molecule has 0 radical (unpaired) electrons. The second-order valence-corrected chi connectivity index (χ2v) is 4.31. The first-order chi connectivity index (χ1) is 7.25. The quantitative estimate of drug-likeness (QED) is 0.736. The van der Waals surface area contributed by atoms with Gasteiger partial charge in [0.1, 0.15) is 0 Å². The Morgan fingerprint density at radius 1 is 1.13 bits per heavy atom. The number of rotatable bonds is 1. The van der Waals surface area contributed by atoms with Crippen molar-refractivity contribution in [2.24, 2.45) is 0 Å². The van der Waals surface area contributed by atoms with Crippen LogP contribution in [0.4, 0.5) is 10.5 Å². The molecule has 3 nitrogen and oxygen atoms in total. The van der Waals surface area contributed by atoms with Crippen LogP contribution < -0.4 is 5.32 Å². The van der Waals surface area contributed by atoms with Gasteiger partial charge in [0, 0.05) is 0 Å². The zero-order chi connectivity index (χ0) is 10.4. The minimum atomic E-state index is -0.940. The predicted octanol–water partition coefficient (Wildman–Crippen LogP) is 2.36. The van der Waals surface area contributed by atoms with Crippen molar-refractivity contribution >= 4 is 11.8 Å². The van der Waals surface area contributed by atoms with Gasteiger partial charge in [0.25, 0.3) is 0 Å². The monoisotopic (exact) mass is 203 g/mol. The first-order valence-electron chi connectivity index (χ1n) is 5.42. The molecule has 0 bridgehead atoms. The van der Waals surface area contributed by atoms with Gasteiger partial charge >= 0.3 is 6.09 Å². The van der Waals surface area contributed by atoms with Crippen molar-refractivity contribution in [3.05, 3.63) is 28.3 Å². The first-order valence-corrected chi connectivity index (χ1v) is 5.42. The van der Waals surface area contributed by atoms with E-state index < -0.39 is 6.09 Å². The van der Waals surface area contributed by atoms with E-state index in [1.54, 1.807) is 0 Å². The van der Waals surface area contributed by atoms with E-state index in [4.69, 9.17) is 5.11 Å². The van der Waals surface area contributed by atoms with E-state index in [-0.39, 0.29) is 0 Å². The number of hydrogen-bond donors (Lipinski definition) is 2. The molecule has 1 amide bonds. The summed E-state index contributed by atoms with van der Waals surface area (Å²) in [6, 6.07) is 2.27. The summed E-state index contributed by atoms with van der Waals surface area (Å²) in [6.45, 7) is 0. The smallest absolute Gasteiger partial charge is 0.409 e. The van der Waals surface area contributed by atoms with Crippen LogP contribution in [0.1, 0.15) is 28.7 Å². The maximum Gasteiger partial charge on any atom is 0.409 e. The van der Waals surface area contributed by atoms with Crippen molar-refractivity contribution in [1.82, 2.24) is 0 Å². The number of amides is 1. The lowest BCUT2D eigenvalue weighted by molar-refractivity contribution is 0.209. The van der Waals surface area contributed by atoms with E-state index >= 15 is 0 Å². The van der Waals surface area contributed by atoms with Crippen LogP contribution >= 0.6 is 0 Å². The lowest BCUT2D eigenvalue weighted by Gasteiger charge is -2.25. The third-order valence-corrected chi connectivity index (χ3v) is 3.48. The summed E-state index contributed by atoms with van der Waals surface area (Å²) in [5.41, 5.74) is 6.09. The fourth-order valence-electron chi connectivity index (χ4n) is 2.70. The molecular weight excluding hydrogens is 190 g/mol. The van der Waals surface area contributed by atoms with Crippen LogP contribution in [0.3, 0.4) is 0 Å². The van der Waals surface area contributed by atoms with Gasteiger partial charge in [-0.05, 0) is 54.4 Å². The van der Waals surface area contributed by atoms with Gasteiger partial charge in [-0.25, -0.2) is 4.79 Å². The Morgan fingerprint density at radius 3 is 2.53 bits per heavy atom. The van der Waals surface area contributed by atoms with Gasteiger partial charge in [0.2, 0.25) is 0 Å². The van der Waals surface area contributed by atoms with Gasteiger partial charge in [-0.2, -0.15) is 0 Å². The van der Waals surface area contributed by atoms with Crippen molar-refractivity contribution in [1.29, 1.82) is 0 Å². The van der Waals surface area contributed by atoms with Crippen molar-refractivity contribution in [3.8, 4) is 0 Å². The van der Waals surface area contributed by atoms with E-state index in [1.807, 2.05) is 0 Å². The topological polar surface area (TPSA) is 49.3 Å². The van der Waals surface area contributed by atoms with E-state index in [2.05, 4.69) is 11.4 Å². The zero-order valence-corrected chi connectivity index (χ0v) is 8.47. The maximum absolute atomic E-state index is 10.7. The van der Waals surface area contributed by atoms with Crippen LogP contribution in [0.15, 0.2) is 6.07 Å². The molecule has 3 rings (SSSR count). The van der Waals surface area contributed by atoms with E-state index in [1.165, 1.54) is 22.3 Å². The number of fused-ring (bicyclic) bond motifs is 2. The van der Waals surface area contributed by atoms with Crippen LogP contribution in [0.2, 0.25) is 0 Å². The number of carboxylic acid groups (broad SMARTS) is 1. The minimum absolute atomic E-state index is 0.902. The van der Waals surface area contributed by atoms with Crippen LogP contribution in [0.25, 0.3) is 0 Å². The van der Waals surface area contributed by atoms with Gasteiger partial charge in [-0.3, -0.25) is 5.32 Å². The summed E-state index contributed by atoms with van der Waals surface area (Å²) >= 11 is 0. The number of aryl methyl sites for hydroxylation is 2. The highest BCUT2D eigenvalue weighted by Crippen LogP contribution is 2.39. The molecule has 2 aliphatic carbocycles. The molecule has 0 saturated heterocycles. The molecule has 0 aromatic heterocycles. The summed E-state index contributed by atoms with van der Waals surface area (Å²) in [5, 5.41) is 11.4. The Morgan fingerprint density at radius 2 is 1.87 bits per heavy atom. The highest BCUT2D eigenvalue weighted by Gasteiger charge is 2.26. The number of carbonyl (C=O) groups is 1. The zero-order valence-electron chi connectivity index (χ0n) is 8.47. The van der Waals surface area contributed by atoms with Crippen molar-refractivity contribution in [3.63, 3.8) is 0 Å². The van der Waals surface area contributed by atoms with Crippen molar-refractivity contribution in [2.45, 2.75) is 32.1 Å². The van der Waals surface area contributed by atoms with E-state index in [0.717, 1.165) is 37.8 Å². The lowest BCUT2D eigenvalue weighted by atomic mass is 9.83. The first kappa shape index (κ1) is 8.77. The molecule has 0 atom stereocenters. The lowest BCUT2D eigenvalue weighted by Crippen LogP contribution is -2.18. The van der Waals surface area contributed by atoms with Crippen LogP contribution in [0.5, 0.6) is 0 Å². The molecule has 0 aliphatic heterocycles. The summed E-state index contributed by atoms with van der Waals surface area (Å²) in [5.74, 6) is 0. The SMILES string of the molecule is O=C(O)Nc1c2c(cc3c1CC3)CCC2. The summed E-state index contributed by atoms with van der Waals surface area (Å²) < 4.78 is 0. The molecule has 0 fully saturated rings. The van der Waals surface area contributed by atoms with Gasteiger partial charge < -0.3 is 5.11 Å². The number of nitrogens with one attached hydrogen (secondary N) is 1. The van der Waals surface area contributed by atoms with Crippen molar-refractivity contribution in [2.75, 3.05) is 5.32 Å². The van der Waals surface area contributed by atoms with Gasteiger partial charge in [0.05, 0.1) is 5.69 Å². The number of anilines is 1.